The Hall–Kier alpha value is -1.86. The number of nitrogens with one attached hydrogen (secondary N) is 2. The highest BCUT2D eigenvalue weighted by Crippen LogP contribution is 2.38. The molecule has 4 N–H and O–H groups in total. The summed E-state index contributed by atoms with van der Waals surface area (Å²) in [5, 5.41) is 3.69. The van der Waals surface area contributed by atoms with Gasteiger partial charge in [0.05, 0.1) is 0 Å². The molecule has 0 aliphatic heterocycles. The zero-order valence-corrected chi connectivity index (χ0v) is 13.7. The summed E-state index contributed by atoms with van der Waals surface area (Å²) in [6.07, 6.45) is 7.34. The van der Waals surface area contributed by atoms with Crippen LogP contribution < -0.4 is 15.8 Å². The monoisotopic (exact) mass is 335 g/mol. The summed E-state index contributed by atoms with van der Waals surface area (Å²) in [5.74, 6) is 0. The number of aryl methyl sites for hydroxylation is 2. The summed E-state index contributed by atoms with van der Waals surface area (Å²) in [4.78, 5) is 12.1. The molecule has 2 aliphatic rings. The number of nitrogens with two attached hydrogens (primary N) is 1. The second-order valence-corrected chi connectivity index (χ2v) is 7.51. The van der Waals surface area contributed by atoms with Crippen LogP contribution in [0.5, 0.6) is 0 Å². The lowest BCUT2D eigenvalue weighted by Gasteiger charge is -2.16. The lowest BCUT2D eigenvalue weighted by molar-refractivity contribution is 0.256. The SMILES string of the molecule is NC/C=C\S(=O)(=O)NC(=O)Nc1c2c(cc3c1CCC3)CCC2. The number of amides is 2. The van der Waals surface area contributed by atoms with Gasteiger partial charge in [0, 0.05) is 17.6 Å². The molecule has 0 saturated heterocycles. The first-order valence-corrected chi connectivity index (χ1v) is 9.41. The van der Waals surface area contributed by atoms with Crippen molar-refractivity contribution >= 4 is 21.7 Å². The van der Waals surface area contributed by atoms with E-state index in [1.807, 2.05) is 4.72 Å². The fraction of sp³-hybridized carbons (Fsp3) is 0.438. The minimum atomic E-state index is -3.81. The van der Waals surface area contributed by atoms with Crippen LogP contribution in [0.4, 0.5) is 10.5 Å². The van der Waals surface area contributed by atoms with E-state index in [4.69, 9.17) is 5.73 Å². The van der Waals surface area contributed by atoms with Gasteiger partial charge >= 0.3 is 6.03 Å². The number of carbonyl (C=O) groups is 1. The first-order valence-electron chi connectivity index (χ1n) is 7.87. The maximum Gasteiger partial charge on any atom is 0.333 e. The predicted octanol–water partition coefficient (Wildman–Crippen LogP) is 1.59. The summed E-state index contributed by atoms with van der Waals surface area (Å²) in [6.45, 7) is 0.0994. The van der Waals surface area contributed by atoms with Crippen LogP contribution in [-0.4, -0.2) is 21.0 Å². The smallest absolute Gasteiger partial charge is 0.327 e. The van der Waals surface area contributed by atoms with Crippen molar-refractivity contribution in [3.05, 3.63) is 39.8 Å². The highest BCUT2D eigenvalue weighted by atomic mass is 32.2. The van der Waals surface area contributed by atoms with Gasteiger partial charge in [0.15, 0.2) is 0 Å². The van der Waals surface area contributed by atoms with Crippen LogP contribution in [-0.2, 0) is 35.7 Å². The molecular weight excluding hydrogens is 314 g/mol. The highest BCUT2D eigenvalue weighted by molar-refractivity contribution is 7.92. The number of sulfonamides is 1. The van der Waals surface area contributed by atoms with Gasteiger partial charge < -0.3 is 11.1 Å². The lowest BCUT2D eigenvalue weighted by atomic mass is 9.99. The van der Waals surface area contributed by atoms with Crippen molar-refractivity contribution in [2.45, 2.75) is 38.5 Å². The van der Waals surface area contributed by atoms with Gasteiger partial charge in [-0.25, -0.2) is 17.9 Å². The van der Waals surface area contributed by atoms with E-state index in [1.165, 1.54) is 17.2 Å². The third kappa shape index (κ3) is 3.40. The van der Waals surface area contributed by atoms with Crippen molar-refractivity contribution < 1.29 is 13.2 Å². The number of benzene rings is 1. The van der Waals surface area contributed by atoms with E-state index in [0.717, 1.165) is 60.7 Å². The summed E-state index contributed by atoms with van der Waals surface area (Å²) in [5.41, 5.74) is 10.9. The lowest BCUT2D eigenvalue weighted by Crippen LogP contribution is -2.33. The standard InChI is InChI=1S/C16H21N3O3S/c17-8-3-9-23(21,22)19-16(20)18-15-13-6-1-4-11(13)10-12-5-2-7-14(12)15/h3,9-10H,1-2,4-8,17H2,(H2,18,19,20)/b9-3-. The Morgan fingerprint density at radius 1 is 1.13 bits per heavy atom. The zero-order chi connectivity index (χ0) is 16.4. The van der Waals surface area contributed by atoms with Crippen molar-refractivity contribution in [2.24, 2.45) is 5.73 Å². The number of anilines is 1. The van der Waals surface area contributed by atoms with Crippen LogP contribution in [0.2, 0.25) is 0 Å². The highest BCUT2D eigenvalue weighted by Gasteiger charge is 2.25. The molecule has 0 fully saturated rings. The molecule has 0 unspecified atom stereocenters. The second kappa shape index (κ2) is 6.33. The molecule has 7 heteroatoms. The van der Waals surface area contributed by atoms with Crippen LogP contribution in [0.3, 0.4) is 0 Å². The van der Waals surface area contributed by atoms with Crippen LogP contribution in [0, 0.1) is 0 Å². The Labute approximate surface area is 136 Å². The molecule has 0 bridgehead atoms. The van der Waals surface area contributed by atoms with E-state index < -0.39 is 16.1 Å². The first-order chi connectivity index (χ1) is 11.0. The second-order valence-electron chi connectivity index (χ2n) is 5.94. The van der Waals surface area contributed by atoms with Gasteiger partial charge in [-0.2, -0.15) is 0 Å². The normalized spacial score (nSPS) is 16.4. The Morgan fingerprint density at radius 3 is 2.30 bits per heavy atom. The number of rotatable bonds is 4. The topological polar surface area (TPSA) is 101 Å². The van der Waals surface area contributed by atoms with Gasteiger partial charge in [-0.1, -0.05) is 12.1 Å². The first kappa shape index (κ1) is 16.0. The molecule has 1 aromatic carbocycles. The van der Waals surface area contributed by atoms with Gasteiger partial charge in [0.2, 0.25) is 0 Å². The number of carbonyl (C=O) groups excluding carboxylic acids is 1. The summed E-state index contributed by atoms with van der Waals surface area (Å²) >= 11 is 0. The molecule has 2 amide bonds. The Balaban J connectivity index is 1.84. The molecule has 0 aromatic heterocycles. The summed E-state index contributed by atoms with van der Waals surface area (Å²) < 4.78 is 25.5. The molecule has 0 atom stereocenters. The molecule has 2 aliphatic carbocycles. The fourth-order valence-electron chi connectivity index (χ4n) is 3.45. The van der Waals surface area contributed by atoms with Crippen LogP contribution in [0.25, 0.3) is 0 Å². The predicted molar refractivity (Wildman–Crippen MR) is 89.8 cm³/mol. The molecule has 0 saturated carbocycles. The quantitative estimate of drug-likeness (QED) is 0.777. The largest absolute Gasteiger partial charge is 0.333 e. The van der Waals surface area contributed by atoms with E-state index in [-0.39, 0.29) is 6.54 Å². The molecule has 6 nitrogen and oxygen atoms in total. The van der Waals surface area contributed by atoms with E-state index >= 15 is 0 Å². The molecule has 124 valence electrons. The average molecular weight is 335 g/mol. The van der Waals surface area contributed by atoms with Gasteiger partial charge in [-0.3, -0.25) is 0 Å². The molecule has 3 rings (SSSR count). The average Bonchev–Trinajstić information content (AvgIpc) is 3.12. The van der Waals surface area contributed by atoms with E-state index in [2.05, 4.69) is 11.4 Å². The Kier molecular flexibility index (Phi) is 4.41. The number of hydrogen-bond acceptors (Lipinski definition) is 4. The number of urea groups is 1. The maximum atomic E-state index is 12.1. The maximum absolute atomic E-state index is 12.1. The molecule has 0 spiro atoms. The van der Waals surface area contributed by atoms with Crippen LogP contribution in [0.15, 0.2) is 17.6 Å². The molecule has 23 heavy (non-hydrogen) atoms. The fourth-order valence-corrected chi connectivity index (χ4v) is 4.19. The summed E-state index contributed by atoms with van der Waals surface area (Å²) in [7, 11) is -3.81. The third-order valence-corrected chi connectivity index (χ3v) is 5.38. The zero-order valence-electron chi connectivity index (χ0n) is 12.9. The van der Waals surface area contributed by atoms with Gasteiger partial charge in [0.25, 0.3) is 10.0 Å². The summed E-state index contributed by atoms with van der Waals surface area (Å²) in [6, 6.07) is 1.54. The van der Waals surface area contributed by atoms with E-state index in [9.17, 15) is 13.2 Å². The van der Waals surface area contributed by atoms with Gasteiger partial charge in [-0.05, 0) is 60.8 Å². The molecule has 1 aromatic rings. The molecular formula is C16H21N3O3S. The minimum absolute atomic E-state index is 0.0994. The van der Waals surface area contributed by atoms with Crippen LogP contribution in [0.1, 0.15) is 35.1 Å². The molecule has 0 heterocycles. The van der Waals surface area contributed by atoms with Crippen molar-refractivity contribution in [2.75, 3.05) is 11.9 Å². The third-order valence-electron chi connectivity index (χ3n) is 4.36. The Morgan fingerprint density at radius 2 is 1.74 bits per heavy atom. The minimum Gasteiger partial charge on any atom is -0.327 e. The van der Waals surface area contributed by atoms with E-state index in [1.54, 1.807) is 0 Å². The number of fused-ring (bicyclic) bond motifs is 2. The van der Waals surface area contributed by atoms with E-state index in [0.29, 0.717) is 0 Å². The van der Waals surface area contributed by atoms with Crippen molar-refractivity contribution in [1.29, 1.82) is 0 Å². The van der Waals surface area contributed by atoms with Gasteiger partial charge in [-0.15, -0.1) is 0 Å². The van der Waals surface area contributed by atoms with Crippen molar-refractivity contribution in [1.82, 2.24) is 4.72 Å². The van der Waals surface area contributed by atoms with Gasteiger partial charge in [0.1, 0.15) is 0 Å². The Bertz CT molecular complexity index is 737. The van der Waals surface area contributed by atoms with Crippen molar-refractivity contribution in [3.8, 4) is 0 Å². The molecule has 0 radical (unpaired) electrons. The van der Waals surface area contributed by atoms with Crippen LogP contribution >= 0.6 is 0 Å². The number of hydrogen-bond donors (Lipinski definition) is 3. The van der Waals surface area contributed by atoms with Crippen molar-refractivity contribution in [3.63, 3.8) is 0 Å².